The summed E-state index contributed by atoms with van der Waals surface area (Å²) in [6.45, 7) is 1.77. The lowest BCUT2D eigenvalue weighted by atomic mass is 9.94. The van der Waals surface area contributed by atoms with Gasteiger partial charge in [0, 0.05) is 22.0 Å². The second-order valence-corrected chi connectivity index (χ2v) is 6.77. The van der Waals surface area contributed by atoms with E-state index in [1.807, 2.05) is 30.3 Å². The Morgan fingerprint density at radius 1 is 1.15 bits per heavy atom. The zero-order chi connectivity index (χ0) is 19.1. The molecule has 4 rings (SSSR count). The average molecular weight is 379 g/mol. The first-order valence-electron chi connectivity index (χ1n) is 8.29. The Morgan fingerprint density at radius 2 is 1.89 bits per heavy atom. The molecule has 2 aromatic carbocycles. The van der Waals surface area contributed by atoms with E-state index >= 15 is 0 Å². The maximum absolute atomic E-state index is 12.6. The molecule has 0 spiro atoms. The van der Waals surface area contributed by atoms with E-state index in [2.05, 4.69) is 10.3 Å². The predicted molar refractivity (Wildman–Crippen MR) is 106 cm³/mol. The number of nitrogens with one attached hydrogen (secondary N) is 2. The van der Waals surface area contributed by atoms with E-state index in [9.17, 15) is 14.7 Å². The van der Waals surface area contributed by atoms with Crippen molar-refractivity contribution in [1.29, 1.82) is 0 Å². The summed E-state index contributed by atoms with van der Waals surface area (Å²) in [5.74, 6) is -1.31. The van der Waals surface area contributed by atoms with Gasteiger partial charge in [-0.2, -0.15) is 0 Å². The number of hydrogen-bond acceptors (Lipinski definition) is 2. The van der Waals surface area contributed by atoms with E-state index in [1.54, 1.807) is 31.2 Å². The summed E-state index contributed by atoms with van der Waals surface area (Å²) in [6, 6.07) is 14.5. The number of aromatic carboxylic acids is 1. The molecule has 0 saturated heterocycles. The maximum Gasteiger partial charge on any atom is 0.337 e. The van der Waals surface area contributed by atoms with Crippen LogP contribution in [0, 0.1) is 6.92 Å². The molecule has 1 aliphatic rings. The summed E-state index contributed by atoms with van der Waals surface area (Å²) in [7, 11) is 0. The van der Waals surface area contributed by atoms with Crippen LogP contribution < -0.4 is 5.32 Å². The summed E-state index contributed by atoms with van der Waals surface area (Å²) in [4.78, 5) is 27.1. The van der Waals surface area contributed by atoms with Crippen LogP contribution in [-0.2, 0) is 4.79 Å². The molecule has 0 atom stereocenters. The monoisotopic (exact) mass is 378 g/mol. The van der Waals surface area contributed by atoms with Gasteiger partial charge in [-0.3, -0.25) is 4.79 Å². The second-order valence-electron chi connectivity index (χ2n) is 6.33. The minimum Gasteiger partial charge on any atom is -0.478 e. The van der Waals surface area contributed by atoms with Gasteiger partial charge in [0.05, 0.1) is 16.8 Å². The molecule has 0 radical (unpaired) electrons. The molecule has 1 amide bonds. The molecule has 0 saturated carbocycles. The molecule has 134 valence electrons. The highest BCUT2D eigenvalue weighted by atomic mass is 35.5. The summed E-state index contributed by atoms with van der Waals surface area (Å²) in [6.07, 6.45) is 1.59. The maximum atomic E-state index is 12.6. The molecular formula is C21H15ClN2O3. The standard InChI is InChI=1S/C21H15ClN2O3/c1-11-9-15(21(26)27)18(23-11)10-16-19-14(12-5-7-13(22)8-6-12)3-2-4-17(19)24-20(16)25/h2-10,23H,1H3,(H,24,25)(H,26,27). The molecule has 0 aliphatic carbocycles. The minimum atomic E-state index is -1.05. The van der Waals surface area contributed by atoms with Gasteiger partial charge in [-0.05, 0) is 48.4 Å². The number of aromatic amines is 1. The number of aromatic nitrogens is 1. The van der Waals surface area contributed by atoms with E-state index in [1.165, 1.54) is 0 Å². The third-order valence-electron chi connectivity index (χ3n) is 4.48. The van der Waals surface area contributed by atoms with Crippen molar-refractivity contribution >= 4 is 40.8 Å². The van der Waals surface area contributed by atoms with Crippen molar-refractivity contribution in [2.45, 2.75) is 6.92 Å². The molecule has 6 heteroatoms. The van der Waals surface area contributed by atoms with Crippen molar-refractivity contribution in [2.24, 2.45) is 0 Å². The number of carbonyl (C=O) groups excluding carboxylic acids is 1. The molecule has 0 bridgehead atoms. The lowest BCUT2D eigenvalue weighted by Crippen LogP contribution is -2.04. The normalized spacial score (nSPS) is 14.3. The smallest absolute Gasteiger partial charge is 0.337 e. The average Bonchev–Trinajstić information content (AvgIpc) is 3.16. The Bertz CT molecular complexity index is 1110. The molecule has 1 aromatic heterocycles. The lowest BCUT2D eigenvalue weighted by Gasteiger charge is -2.09. The lowest BCUT2D eigenvalue weighted by molar-refractivity contribution is -0.110. The third kappa shape index (κ3) is 3.02. The van der Waals surface area contributed by atoms with Crippen molar-refractivity contribution in [3.8, 4) is 11.1 Å². The van der Waals surface area contributed by atoms with Crippen LogP contribution in [0.5, 0.6) is 0 Å². The molecule has 3 N–H and O–H groups in total. The zero-order valence-electron chi connectivity index (χ0n) is 14.3. The number of carboxylic acids is 1. The van der Waals surface area contributed by atoms with Gasteiger partial charge in [0.25, 0.3) is 5.91 Å². The number of H-pyrrole nitrogens is 1. The van der Waals surface area contributed by atoms with Gasteiger partial charge in [0.1, 0.15) is 0 Å². The highest BCUT2D eigenvalue weighted by Crippen LogP contribution is 2.40. The Morgan fingerprint density at radius 3 is 2.59 bits per heavy atom. The molecular weight excluding hydrogens is 364 g/mol. The van der Waals surface area contributed by atoms with Crippen LogP contribution in [0.4, 0.5) is 5.69 Å². The van der Waals surface area contributed by atoms with Crippen LogP contribution in [0.3, 0.4) is 0 Å². The summed E-state index contributed by atoms with van der Waals surface area (Å²) < 4.78 is 0. The topological polar surface area (TPSA) is 82.2 Å². The van der Waals surface area contributed by atoms with Gasteiger partial charge in [-0.1, -0.05) is 35.9 Å². The Balaban J connectivity index is 1.91. The minimum absolute atomic E-state index is 0.130. The van der Waals surface area contributed by atoms with Crippen LogP contribution in [0.15, 0.2) is 48.5 Å². The van der Waals surface area contributed by atoms with Gasteiger partial charge in [0.2, 0.25) is 0 Å². The quantitative estimate of drug-likeness (QED) is 0.570. The number of carbonyl (C=O) groups is 2. The number of rotatable bonds is 3. The first kappa shape index (κ1) is 17.1. The van der Waals surface area contributed by atoms with Gasteiger partial charge in [0.15, 0.2) is 0 Å². The molecule has 2 heterocycles. The largest absolute Gasteiger partial charge is 0.478 e. The van der Waals surface area contributed by atoms with Crippen LogP contribution >= 0.6 is 11.6 Å². The van der Waals surface area contributed by atoms with E-state index in [0.717, 1.165) is 16.7 Å². The fourth-order valence-electron chi connectivity index (χ4n) is 3.30. The predicted octanol–water partition coefficient (Wildman–Crippen LogP) is 4.83. The Labute approximate surface area is 160 Å². The van der Waals surface area contributed by atoms with Crippen molar-refractivity contribution < 1.29 is 14.7 Å². The number of amides is 1. The van der Waals surface area contributed by atoms with Gasteiger partial charge in [-0.15, -0.1) is 0 Å². The van der Waals surface area contributed by atoms with Gasteiger partial charge in [-0.25, -0.2) is 4.79 Å². The highest BCUT2D eigenvalue weighted by Gasteiger charge is 2.28. The second kappa shape index (κ2) is 6.45. The van der Waals surface area contributed by atoms with Crippen molar-refractivity contribution in [2.75, 3.05) is 5.32 Å². The van der Waals surface area contributed by atoms with E-state index < -0.39 is 5.97 Å². The third-order valence-corrected chi connectivity index (χ3v) is 4.74. The summed E-state index contributed by atoms with van der Waals surface area (Å²) >= 11 is 5.99. The molecule has 5 nitrogen and oxygen atoms in total. The van der Waals surface area contributed by atoms with Crippen LogP contribution in [-0.4, -0.2) is 22.0 Å². The molecule has 3 aromatic rings. The van der Waals surface area contributed by atoms with Crippen molar-refractivity contribution in [3.05, 3.63) is 76.1 Å². The van der Waals surface area contributed by atoms with Gasteiger partial charge < -0.3 is 15.4 Å². The molecule has 0 unspecified atom stereocenters. The number of benzene rings is 2. The SMILES string of the molecule is Cc1cc(C(=O)O)c(C=C2C(=O)Nc3cccc(-c4ccc(Cl)cc4)c32)[nH]1. The number of hydrogen-bond donors (Lipinski definition) is 3. The number of halogens is 1. The fraction of sp³-hybridized carbons (Fsp3) is 0.0476. The Hall–Kier alpha value is -3.31. The van der Waals surface area contributed by atoms with E-state index in [-0.39, 0.29) is 11.5 Å². The van der Waals surface area contributed by atoms with Gasteiger partial charge >= 0.3 is 5.97 Å². The Kier molecular flexibility index (Phi) is 4.09. The van der Waals surface area contributed by atoms with Crippen molar-refractivity contribution in [3.63, 3.8) is 0 Å². The highest BCUT2D eigenvalue weighted by molar-refractivity contribution is 6.36. The van der Waals surface area contributed by atoms with Crippen LogP contribution in [0.2, 0.25) is 5.02 Å². The zero-order valence-corrected chi connectivity index (χ0v) is 15.1. The molecule has 0 fully saturated rings. The number of carboxylic acid groups (broad SMARTS) is 1. The fourth-order valence-corrected chi connectivity index (χ4v) is 3.43. The number of anilines is 1. The molecule has 1 aliphatic heterocycles. The number of aryl methyl sites for hydroxylation is 1. The van der Waals surface area contributed by atoms with Crippen molar-refractivity contribution in [1.82, 2.24) is 4.98 Å². The van der Waals surface area contributed by atoms with E-state index in [4.69, 9.17) is 11.6 Å². The first-order chi connectivity index (χ1) is 12.9. The summed E-state index contributed by atoms with van der Waals surface area (Å²) in [5, 5.41) is 12.9. The molecule has 27 heavy (non-hydrogen) atoms. The number of fused-ring (bicyclic) bond motifs is 1. The van der Waals surface area contributed by atoms with E-state index in [0.29, 0.717) is 27.7 Å². The first-order valence-corrected chi connectivity index (χ1v) is 8.67. The van der Waals surface area contributed by atoms with Crippen LogP contribution in [0.25, 0.3) is 22.8 Å². The summed E-state index contributed by atoms with van der Waals surface area (Å²) in [5.41, 5.74) is 4.87. The van der Waals surface area contributed by atoms with Crippen LogP contribution in [0.1, 0.15) is 27.3 Å².